The van der Waals surface area contributed by atoms with Gasteiger partial charge in [-0.3, -0.25) is 4.79 Å². The van der Waals surface area contributed by atoms with Gasteiger partial charge >= 0.3 is 0 Å². The van der Waals surface area contributed by atoms with Crippen molar-refractivity contribution in [1.82, 2.24) is 14.6 Å². The molecule has 0 saturated heterocycles. The predicted octanol–water partition coefficient (Wildman–Crippen LogP) is 3.07. The number of thiazole rings is 1. The van der Waals surface area contributed by atoms with Gasteiger partial charge in [-0.15, -0.1) is 5.10 Å². The maximum Gasteiger partial charge on any atom is 0.291 e. The summed E-state index contributed by atoms with van der Waals surface area (Å²) < 4.78 is 20.2. The van der Waals surface area contributed by atoms with Crippen LogP contribution in [0.4, 0.5) is 4.39 Å². The molecule has 0 fully saturated rings. The third-order valence-electron chi connectivity index (χ3n) is 3.83. The lowest BCUT2D eigenvalue weighted by Gasteiger charge is -2.02. The van der Waals surface area contributed by atoms with Gasteiger partial charge in [0.2, 0.25) is 4.96 Å². The Morgan fingerprint density at radius 1 is 1.15 bits per heavy atom. The third-order valence-corrected chi connectivity index (χ3v) is 4.79. The van der Waals surface area contributed by atoms with Crippen LogP contribution in [0, 0.1) is 5.82 Å². The second kappa shape index (κ2) is 7.13. The molecule has 2 aromatic carbocycles. The zero-order valence-electron chi connectivity index (χ0n) is 14.1. The van der Waals surface area contributed by atoms with Gasteiger partial charge in [0.1, 0.15) is 18.2 Å². The van der Waals surface area contributed by atoms with Crippen LogP contribution in [0.3, 0.4) is 0 Å². The Bertz CT molecular complexity index is 1210. The Balaban J connectivity index is 1.67. The topological polar surface area (TPSA) is 56.5 Å². The van der Waals surface area contributed by atoms with Crippen molar-refractivity contribution in [2.75, 3.05) is 6.61 Å². The number of hydrogen-bond donors (Lipinski definition) is 0. The second-order valence-corrected chi connectivity index (χ2v) is 6.73. The van der Waals surface area contributed by atoms with Crippen LogP contribution in [0.1, 0.15) is 5.56 Å². The monoisotopic (exact) mass is 379 g/mol. The molecule has 0 aliphatic rings. The lowest BCUT2D eigenvalue weighted by Crippen LogP contribution is -2.23. The van der Waals surface area contributed by atoms with E-state index in [9.17, 15) is 9.18 Å². The largest absolute Gasteiger partial charge is 0.490 e. The van der Waals surface area contributed by atoms with E-state index in [1.807, 2.05) is 24.3 Å². The number of fused-ring (bicyclic) bond motifs is 1. The molecule has 0 aliphatic heterocycles. The van der Waals surface area contributed by atoms with Crippen molar-refractivity contribution in [3.8, 4) is 17.1 Å². The van der Waals surface area contributed by atoms with E-state index in [1.165, 1.54) is 28.0 Å². The Morgan fingerprint density at radius 2 is 1.89 bits per heavy atom. The van der Waals surface area contributed by atoms with Gasteiger partial charge in [-0.05, 0) is 48.0 Å². The summed E-state index contributed by atoms with van der Waals surface area (Å²) in [5.41, 5.74) is 1.29. The molecular weight excluding hydrogens is 365 g/mol. The van der Waals surface area contributed by atoms with Crippen LogP contribution < -0.4 is 14.8 Å². The van der Waals surface area contributed by atoms with Gasteiger partial charge in [-0.1, -0.05) is 36.1 Å². The van der Waals surface area contributed by atoms with Crippen molar-refractivity contribution in [2.45, 2.75) is 0 Å². The van der Waals surface area contributed by atoms with Gasteiger partial charge in [0, 0.05) is 5.56 Å². The summed E-state index contributed by atoms with van der Waals surface area (Å²) in [5, 5.41) is 4.32. The molecule has 134 valence electrons. The van der Waals surface area contributed by atoms with Gasteiger partial charge < -0.3 is 4.74 Å². The average molecular weight is 379 g/mol. The number of halogens is 1. The molecule has 0 saturated carbocycles. The first-order valence-electron chi connectivity index (χ1n) is 8.15. The summed E-state index contributed by atoms with van der Waals surface area (Å²) in [4.78, 5) is 17.5. The van der Waals surface area contributed by atoms with E-state index in [2.05, 4.69) is 16.7 Å². The highest BCUT2D eigenvalue weighted by atomic mass is 32.1. The molecule has 27 heavy (non-hydrogen) atoms. The summed E-state index contributed by atoms with van der Waals surface area (Å²) in [6.45, 7) is 4.04. The molecule has 4 rings (SSSR count). The fraction of sp³-hybridized carbons (Fsp3) is 0.0500. The fourth-order valence-electron chi connectivity index (χ4n) is 2.52. The minimum atomic E-state index is -0.317. The third kappa shape index (κ3) is 3.50. The first-order valence-corrected chi connectivity index (χ1v) is 8.97. The zero-order valence-corrected chi connectivity index (χ0v) is 14.9. The first kappa shape index (κ1) is 17.1. The lowest BCUT2D eigenvalue weighted by molar-refractivity contribution is 0.363. The highest BCUT2D eigenvalue weighted by molar-refractivity contribution is 7.15. The Hall–Kier alpha value is -3.32. The molecule has 0 N–H and O–H groups in total. The van der Waals surface area contributed by atoms with Gasteiger partial charge in [-0.25, -0.2) is 4.39 Å². The van der Waals surface area contributed by atoms with Crippen LogP contribution in [0.2, 0.25) is 0 Å². The maximum atomic E-state index is 13.0. The number of aromatic nitrogens is 3. The summed E-state index contributed by atoms with van der Waals surface area (Å²) in [6, 6.07) is 13.3. The summed E-state index contributed by atoms with van der Waals surface area (Å²) in [7, 11) is 0. The SMILES string of the molecule is C=CCOc1ccc(-c2nc3sc(=Cc4ccc(F)cc4)c(=O)n3n2)cc1. The quantitative estimate of drug-likeness (QED) is 0.500. The Kier molecular flexibility index (Phi) is 4.52. The summed E-state index contributed by atoms with van der Waals surface area (Å²) in [5.74, 6) is 0.880. The Labute approximate surface area is 157 Å². The number of hydrogen-bond acceptors (Lipinski definition) is 5. The fourth-order valence-corrected chi connectivity index (χ4v) is 3.43. The van der Waals surface area contributed by atoms with E-state index in [1.54, 1.807) is 24.3 Å². The van der Waals surface area contributed by atoms with E-state index in [0.29, 0.717) is 21.9 Å². The average Bonchev–Trinajstić information content (AvgIpc) is 3.22. The van der Waals surface area contributed by atoms with Crippen LogP contribution in [-0.2, 0) is 0 Å². The van der Waals surface area contributed by atoms with E-state index < -0.39 is 0 Å². The van der Waals surface area contributed by atoms with Crippen LogP contribution in [-0.4, -0.2) is 21.2 Å². The normalized spacial score (nSPS) is 11.8. The van der Waals surface area contributed by atoms with Crippen molar-refractivity contribution in [3.05, 3.63) is 87.5 Å². The number of rotatable bonds is 5. The smallest absolute Gasteiger partial charge is 0.291 e. The Morgan fingerprint density at radius 3 is 2.56 bits per heavy atom. The van der Waals surface area contributed by atoms with Crippen LogP contribution >= 0.6 is 11.3 Å². The highest BCUT2D eigenvalue weighted by Crippen LogP contribution is 2.20. The highest BCUT2D eigenvalue weighted by Gasteiger charge is 2.12. The summed E-state index contributed by atoms with van der Waals surface area (Å²) >= 11 is 1.24. The maximum absolute atomic E-state index is 13.0. The minimum absolute atomic E-state index is 0.246. The van der Waals surface area contributed by atoms with Crippen LogP contribution in [0.5, 0.6) is 5.75 Å². The number of ether oxygens (including phenoxy) is 1. The zero-order chi connectivity index (χ0) is 18.8. The van der Waals surface area contributed by atoms with Gasteiger partial charge in [0.05, 0.1) is 4.53 Å². The van der Waals surface area contributed by atoms with Crippen molar-refractivity contribution in [2.24, 2.45) is 0 Å². The molecular formula is C20H14FN3O2S. The molecule has 0 radical (unpaired) electrons. The molecule has 5 nitrogen and oxygen atoms in total. The van der Waals surface area contributed by atoms with Gasteiger partial charge in [0.15, 0.2) is 5.82 Å². The van der Waals surface area contributed by atoms with E-state index in [4.69, 9.17) is 4.74 Å². The van der Waals surface area contributed by atoms with E-state index in [-0.39, 0.29) is 11.4 Å². The molecule has 0 amide bonds. The lowest BCUT2D eigenvalue weighted by atomic mass is 10.2. The predicted molar refractivity (Wildman–Crippen MR) is 103 cm³/mol. The number of nitrogens with zero attached hydrogens (tertiary/aromatic N) is 3. The van der Waals surface area contributed by atoms with Crippen molar-refractivity contribution < 1.29 is 9.13 Å². The minimum Gasteiger partial charge on any atom is -0.490 e. The second-order valence-electron chi connectivity index (χ2n) is 5.72. The van der Waals surface area contributed by atoms with Gasteiger partial charge in [0.25, 0.3) is 5.56 Å². The summed E-state index contributed by atoms with van der Waals surface area (Å²) in [6.07, 6.45) is 3.38. The molecule has 2 heterocycles. The number of benzene rings is 2. The van der Waals surface area contributed by atoms with Gasteiger partial charge in [-0.2, -0.15) is 9.50 Å². The van der Waals surface area contributed by atoms with Crippen LogP contribution in [0.25, 0.3) is 22.4 Å². The molecule has 0 aliphatic carbocycles. The standard InChI is InChI=1S/C20H14FN3O2S/c1-2-11-26-16-9-5-14(6-10-16)18-22-20-24(23-18)19(25)17(27-20)12-13-3-7-15(21)8-4-13/h2-10,12H,1,11H2. The molecule has 0 unspecified atom stereocenters. The molecule has 0 atom stereocenters. The van der Waals surface area contributed by atoms with E-state index in [0.717, 1.165) is 16.9 Å². The molecule has 0 bridgehead atoms. The van der Waals surface area contributed by atoms with E-state index >= 15 is 0 Å². The molecule has 4 aromatic rings. The first-order chi connectivity index (χ1) is 13.1. The van der Waals surface area contributed by atoms with Crippen molar-refractivity contribution >= 4 is 22.4 Å². The van der Waals surface area contributed by atoms with Crippen LogP contribution in [0.15, 0.2) is 66.0 Å². The van der Waals surface area contributed by atoms with Crippen molar-refractivity contribution in [1.29, 1.82) is 0 Å². The molecule has 7 heteroatoms. The molecule has 0 spiro atoms. The molecule has 2 aromatic heterocycles. The van der Waals surface area contributed by atoms with Crippen molar-refractivity contribution in [3.63, 3.8) is 0 Å².